The van der Waals surface area contributed by atoms with E-state index < -0.39 is 0 Å². The number of aromatic nitrogens is 1. The lowest BCUT2D eigenvalue weighted by Crippen LogP contribution is -2.48. The predicted molar refractivity (Wildman–Crippen MR) is 88.8 cm³/mol. The van der Waals surface area contributed by atoms with E-state index in [1.54, 1.807) is 23.2 Å². The van der Waals surface area contributed by atoms with Crippen LogP contribution in [-0.2, 0) is 11.3 Å². The van der Waals surface area contributed by atoms with Gasteiger partial charge in [0.25, 0.3) is 5.56 Å². The molecule has 1 fully saturated rings. The van der Waals surface area contributed by atoms with Crippen LogP contribution in [0.1, 0.15) is 6.42 Å². The van der Waals surface area contributed by atoms with Crippen molar-refractivity contribution in [2.75, 3.05) is 53.4 Å². The average molecular weight is 322 g/mol. The third-order valence-corrected chi connectivity index (χ3v) is 3.77. The molecule has 1 amide bonds. The van der Waals surface area contributed by atoms with Gasteiger partial charge in [-0.05, 0) is 32.6 Å². The zero-order chi connectivity index (χ0) is 16.7. The summed E-state index contributed by atoms with van der Waals surface area (Å²) in [6.45, 7) is 4.44. The fourth-order valence-electron chi connectivity index (χ4n) is 2.47. The molecule has 128 valence electrons. The molecule has 1 aromatic heterocycles. The van der Waals surface area contributed by atoms with E-state index in [0.717, 1.165) is 26.1 Å². The Morgan fingerprint density at radius 1 is 1.35 bits per heavy atom. The molecular formula is C16H26N4O3. The molecule has 2 rings (SSSR count). The van der Waals surface area contributed by atoms with Crippen molar-refractivity contribution in [1.29, 1.82) is 0 Å². The van der Waals surface area contributed by atoms with Crippen LogP contribution in [0.5, 0.6) is 5.75 Å². The van der Waals surface area contributed by atoms with Gasteiger partial charge in [0.15, 0.2) is 5.75 Å². The molecule has 1 saturated heterocycles. The second kappa shape index (κ2) is 8.69. The number of nitrogens with one attached hydrogen (secondary N) is 1. The van der Waals surface area contributed by atoms with Crippen LogP contribution in [0, 0.1) is 0 Å². The van der Waals surface area contributed by atoms with Gasteiger partial charge in [-0.1, -0.05) is 0 Å². The van der Waals surface area contributed by atoms with Gasteiger partial charge in [-0.2, -0.15) is 0 Å². The quantitative estimate of drug-likeness (QED) is 0.693. The van der Waals surface area contributed by atoms with Crippen molar-refractivity contribution < 1.29 is 9.53 Å². The Kier molecular flexibility index (Phi) is 6.61. The number of rotatable bonds is 7. The summed E-state index contributed by atoms with van der Waals surface area (Å²) < 4.78 is 6.98. The minimum Gasteiger partial charge on any atom is -0.488 e. The standard InChI is InChI=1S/C16H26N4O3/c1-18(2)8-4-12-23-14-5-3-9-20(16(14)22)13-15(21)19-10-6-17-7-11-19/h3,5,9,17H,4,6-8,10-13H2,1-2H3. The number of carbonyl (C=O) groups is 1. The molecule has 0 unspecified atom stereocenters. The molecule has 23 heavy (non-hydrogen) atoms. The zero-order valence-electron chi connectivity index (χ0n) is 14.0. The molecule has 0 radical (unpaired) electrons. The lowest BCUT2D eigenvalue weighted by Gasteiger charge is -2.27. The Labute approximate surface area is 136 Å². The van der Waals surface area contributed by atoms with E-state index in [0.29, 0.717) is 25.4 Å². The maximum Gasteiger partial charge on any atom is 0.293 e. The predicted octanol–water partition coefficient (Wildman–Crippen LogP) is -0.389. The van der Waals surface area contributed by atoms with Gasteiger partial charge in [-0.3, -0.25) is 9.59 Å². The van der Waals surface area contributed by atoms with Crippen LogP contribution in [0.3, 0.4) is 0 Å². The van der Waals surface area contributed by atoms with Crippen molar-refractivity contribution in [3.63, 3.8) is 0 Å². The van der Waals surface area contributed by atoms with Crippen molar-refractivity contribution in [2.24, 2.45) is 0 Å². The van der Waals surface area contributed by atoms with E-state index in [1.165, 1.54) is 4.57 Å². The highest BCUT2D eigenvalue weighted by Gasteiger charge is 2.17. The summed E-state index contributed by atoms with van der Waals surface area (Å²) in [7, 11) is 3.99. The highest BCUT2D eigenvalue weighted by Crippen LogP contribution is 2.04. The maximum atomic E-state index is 12.4. The molecule has 0 saturated carbocycles. The van der Waals surface area contributed by atoms with Gasteiger partial charge < -0.3 is 24.4 Å². The first-order valence-electron chi connectivity index (χ1n) is 8.03. The lowest BCUT2D eigenvalue weighted by molar-refractivity contribution is -0.132. The maximum absolute atomic E-state index is 12.4. The van der Waals surface area contributed by atoms with Crippen molar-refractivity contribution in [2.45, 2.75) is 13.0 Å². The molecule has 0 atom stereocenters. The third-order valence-electron chi connectivity index (χ3n) is 3.77. The van der Waals surface area contributed by atoms with Crippen LogP contribution < -0.4 is 15.6 Å². The molecular weight excluding hydrogens is 296 g/mol. The monoisotopic (exact) mass is 322 g/mol. The number of hydrogen-bond acceptors (Lipinski definition) is 5. The first-order chi connectivity index (χ1) is 11.1. The van der Waals surface area contributed by atoms with Gasteiger partial charge in [-0.15, -0.1) is 0 Å². The average Bonchev–Trinajstić information content (AvgIpc) is 2.55. The van der Waals surface area contributed by atoms with Crippen molar-refractivity contribution in [3.05, 3.63) is 28.7 Å². The minimum atomic E-state index is -0.249. The zero-order valence-corrected chi connectivity index (χ0v) is 14.0. The summed E-state index contributed by atoms with van der Waals surface area (Å²) in [5, 5.41) is 3.20. The topological polar surface area (TPSA) is 66.8 Å². The van der Waals surface area contributed by atoms with Crippen molar-refractivity contribution in [3.8, 4) is 5.75 Å². The van der Waals surface area contributed by atoms with E-state index in [2.05, 4.69) is 10.2 Å². The molecule has 1 aliphatic rings. The number of ether oxygens (including phenoxy) is 1. The van der Waals surface area contributed by atoms with Crippen LogP contribution in [-0.4, -0.2) is 73.7 Å². The van der Waals surface area contributed by atoms with Crippen LogP contribution in [0.4, 0.5) is 0 Å². The third kappa shape index (κ3) is 5.37. The Bertz CT molecular complexity index is 565. The van der Waals surface area contributed by atoms with Gasteiger partial charge in [0.05, 0.1) is 6.61 Å². The van der Waals surface area contributed by atoms with Crippen LogP contribution in [0.15, 0.2) is 23.1 Å². The smallest absolute Gasteiger partial charge is 0.293 e. The lowest BCUT2D eigenvalue weighted by atomic mass is 10.3. The Morgan fingerprint density at radius 2 is 2.09 bits per heavy atom. The highest BCUT2D eigenvalue weighted by molar-refractivity contribution is 5.76. The molecule has 2 heterocycles. The van der Waals surface area contributed by atoms with E-state index >= 15 is 0 Å². The molecule has 1 N–H and O–H groups in total. The summed E-state index contributed by atoms with van der Waals surface area (Å²) in [4.78, 5) is 28.5. The Morgan fingerprint density at radius 3 is 2.78 bits per heavy atom. The fraction of sp³-hybridized carbons (Fsp3) is 0.625. The van der Waals surface area contributed by atoms with Gasteiger partial charge in [0.1, 0.15) is 6.54 Å². The fourth-order valence-corrected chi connectivity index (χ4v) is 2.47. The second-order valence-electron chi connectivity index (χ2n) is 5.94. The molecule has 1 aromatic rings. The summed E-state index contributed by atoms with van der Waals surface area (Å²) in [5.41, 5.74) is -0.249. The summed E-state index contributed by atoms with van der Waals surface area (Å²) >= 11 is 0. The van der Waals surface area contributed by atoms with E-state index in [-0.39, 0.29) is 18.0 Å². The number of nitrogens with zero attached hydrogens (tertiary/aromatic N) is 3. The summed E-state index contributed by atoms with van der Waals surface area (Å²) in [6.07, 6.45) is 2.48. The van der Waals surface area contributed by atoms with Gasteiger partial charge >= 0.3 is 0 Å². The summed E-state index contributed by atoms with van der Waals surface area (Å²) in [6, 6.07) is 3.40. The first-order valence-corrected chi connectivity index (χ1v) is 8.03. The van der Waals surface area contributed by atoms with E-state index in [1.807, 2.05) is 14.1 Å². The number of amides is 1. The van der Waals surface area contributed by atoms with Crippen LogP contribution in [0.2, 0.25) is 0 Å². The Hall–Kier alpha value is -1.86. The molecule has 1 aliphatic heterocycles. The SMILES string of the molecule is CN(C)CCCOc1cccn(CC(=O)N2CCNCC2)c1=O. The molecule has 0 aromatic carbocycles. The highest BCUT2D eigenvalue weighted by atomic mass is 16.5. The van der Waals surface area contributed by atoms with E-state index in [4.69, 9.17) is 4.74 Å². The van der Waals surface area contributed by atoms with Crippen molar-refractivity contribution in [1.82, 2.24) is 19.7 Å². The number of carbonyl (C=O) groups excluding carboxylic acids is 1. The number of pyridine rings is 1. The Balaban J connectivity index is 1.93. The molecule has 7 heteroatoms. The van der Waals surface area contributed by atoms with Crippen molar-refractivity contribution >= 4 is 5.91 Å². The number of hydrogen-bond donors (Lipinski definition) is 1. The molecule has 0 bridgehead atoms. The largest absolute Gasteiger partial charge is 0.488 e. The van der Waals surface area contributed by atoms with Gasteiger partial charge in [0.2, 0.25) is 5.91 Å². The minimum absolute atomic E-state index is 0.0293. The van der Waals surface area contributed by atoms with Gasteiger partial charge in [-0.25, -0.2) is 0 Å². The van der Waals surface area contributed by atoms with Crippen LogP contribution >= 0.6 is 0 Å². The molecule has 0 spiro atoms. The van der Waals surface area contributed by atoms with Gasteiger partial charge in [0, 0.05) is 38.9 Å². The summed E-state index contributed by atoms with van der Waals surface area (Å²) in [5.74, 6) is 0.276. The molecule has 0 aliphatic carbocycles. The second-order valence-corrected chi connectivity index (χ2v) is 5.94. The molecule has 7 nitrogen and oxygen atoms in total. The van der Waals surface area contributed by atoms with E-state index in [9.17, 15) is 9.59 Å². The van der Waals surface area contributed by atoms with Crippen LogP contribution in [0.25, 0.3) is 0 Å². The normalized spacial score (nSPS) is 15.0. The number of piperazine rings is 1. The first kappa shape index (κ1) is 17.5.